The first kappa shape index (κ1) is 23.2. The van der Waals surface area contributed by atoms with Crippen molar-refractivity contribution in [2.45, 2.75) is 25.1 Å². The average Bonchev–Trinajstić information content (AvgIpc) is 3.32. The molecular weight excluding hydrogens is 478 g/mol. The summed E-state index contributed by atoms with van der Waals surface area (Å²) in [6.45, 7) is 0.412. The van der Waals surface area contributed by atoms with Crippen LogP contribution in [0.5, 0.6) is 0 Å². The van der Waals surface area contributed by atoms with Gasteiger partial charge in [-0.3, -0.25) is 9.36 Å². The number of fused-ring (bicyclic) bond motifs is 1. The minimum absolute atomic E-state index is 0.0240. The molecule has 36 heavy (non-hydrogen) atoms. The fourth-order valence-corrected chi connectivity index (χ4v) is 4.57. The van der Waals surface area contributed by atoms with Crippen LogP contribution in [0, 0.1) is 17.1 Å². The van der Waals surface area contributed by atoms with Gasteiger partial charge in [-0.25, -0.2) is 19.3 Å². The van der Waals surface area contributed by atoms with Gasteiger partial charge in [0.1, 0.15) is 35.4 Å². The van der Waals surface area contributed by atoms with E-state index in [1.165, 1.54) is 30.6 Å². The fraction of sp³-hybridized carbons (Fsp3) is 0.208. The molecule has 0 bridgehead atoms. The van der Waals surface area contributed by atoms with Crippen LogP contribution in [0.15, 0.2) is 53.6 Å². The predicted octanol–water partition coefficient (Wildman–Crippen LogP) is 4.13. The lowest BCUT2D eigenvalue weighted by atomic mass is 10.1. The molecule has 8 nitrogen and oxygen atoms in total. The zero-order valence-corrected chi connectivity index (χ0v) is 18.5. The molecular formula is C24H17F4N7O. The third kappa shape index (κ3) is 3.78. The quantitative estimate of drug-likeness (QED) is 0.425. The highest BCUT2D eigenvalue weighted by molar-refractivity contribution is 5.82. The summed E-state index contributed by atoms with van der Waals surface area (Å²) in [5.74, 6) is -0.391. The Morgan fingerprint density at radius 1 is 1.14 bits per heavy atom. The first-order valence-electron chi connectivity index (χ1n) is 10.9. The normalized spacial score (nSPS) is 15.9. The maximum absolute atomic E-state index is 14.2. The molecule has 4 aromatic rings. The molecule has 3 heterocycles. The largest absolute Gasteiger partial charge is 0.417 e. The summed E-state index contributed by atoms with van der Waals surface area (Å²) >= 11 is 0. The van der Waals surface area contributed by atoms with Crippen molar-refractivity contribution >= 4 is 22.5 Å². The number of rotatable bonds is 3. The number of nitrogen functional groups attached to an aromatic ring is 1. The molecule has 1 atom stereocenters. The van der Waals surface area contributed by atoms with Crippen molar-refractivity contribution in [1.82, 2.24) is 19.5 Å². The number of benzene rings is 2. The van der Waals surface area contributed by atoms with Gasteiger partial charge in [-0.15, -0.1) is 0 Å². The highest BCUT2D eigenvalue weighted by Crippen LogP contribution is 2.38. The fourth-order valence-electron chi connectivity index (χ4n) is 4.57. The van der Waals surface area contributed by atoms with E-state index in [9.17, 15) is 27.6 Å². The number of hydrogen-bond acceptors (Lipinski definition) is 7. The van der Waals surface area contributed by atoms with Gasteiger partial charge in [0.2, 0.25) is 0 Å². The van der Waals surface area contributed by atoms with E-state index in [0.29, 0.717) is 19.4 Å². The van der Waals surface area contributed by atoms with E-state index >= 15 is 0 Å². The zero-order chi connectivity index (χ0) is 25.6. The molecule has 0 saturated carbocycles. The average molecular weight is 495 g/mol. The number of anilines is 2. The number of alkyl halides is 3. The van der Waals surface area contributed by atoms with Crippen LogP contribution >= 0.6 is 0 Å². The Labute approximate surface area is 201 Å². The van der Waals surface area contributed by atoms with Crippen LogP contribution in [0.4, 0.5) is 29.2 Å². The van der Waals surface area contributed by atoms with E-state index in [0.717, 1.165) is 22.8 Å². The maximum Gasteiger partial charge on any atom is 0.417 e. The van der Waals surface area contributed by atoms with Crippen molar-refractivity contribution in [3.63, 3.8) is 0 Å². The third-order valence-corrected chi connectivity index (χ3v) is 6.09. The molecule has 0 radical (unpaired) electrons. The van der Waals surface area contributed by atoms with Gasteiger partial charge in [0.15, 0.2) is 5.82 Å². The molecule has 2 aromatic heterocycles. The molecule has 2 aromatic carbocycles. The molecule has 2 N–H and O–H groups in total. The molecule has 1 unspecified atom stereocenters. The first-order chi connectivity index (χ1) is 17.2. The second kappa shape index (κ2) is 8.60. The molecule has 1 fully saturated rings. The predicted molar refractivity (Wildman–Crippen MR) is 123 cm³/mol. The molecule has 12 heteroatoms. The Morgan fingerprint density at radius 2 is 1.92 bits per heavy atom. The van der Waals surface area contributed by atoms with E-state index in [-0.39, 0.29) is 34.2 Å². The van der Waals surface area contributed by atoms with Crippen LogP contribution in [-0.2, 0) is 6.18 Å². The summed E-state index contributed by atoms with van der Waals surface area (Å²) in [7, 11) is 0. The van der Waals surface area contributed by atoms with Crippen molar-refractivity contribution in [2.75, 3.05) is 17.2 Å². The summed E-state index contributed by atoms with van der Waals surface area (Å²) in [5, 5.41) is 9.00. The van der Waals surface area contributed by atoms with Gasteiger partial charge in [0, 0.05) is 6.54 Å². The van der Waals surface area contributed by atoms with Crippen molar-refractivity contribution in [3.05, 3.63) is 81.9 Å². The summed E-state index contributed by atoms with van der Waals surface area (Å²) in [4.78, 5) is 27.9. The number of nitriles is 1. The monoisotopic (exact) mass is 495 g/mol. The van der Waals surface area contributed by atoms with Crippen molar-refractivity contribution in [2.24, 2.45) is 0 Å². The van der Waals surface area contributed by atoms with Gasteiger partial charge >= 0.3 is 6.18 Å². The summed E-state index contributed by atoms with van der Waals surface area (Å²) < 4.78 is 56.6. The number of nitrogens with two attached hydrogens (primary N) is 1. The topological polar surface area (TPSA) is 114 Å². The Balaban J connectivity index is 1.82. The molecule has 0 aliphatic carbocycles. The van der Waals surface area contributed by atoms with Crippen LogP contribution in [0.1, 0.15) is 35.8 Å². The van der Waals surface area contributed by atoms with Crippen LogP contribution in [0.3, 0.4) is 0 Å². The molecule has 0 spiro atoms. The Hall–Kier alpha value is -4.53. The zero-order valence-electron chi connectivity index (χ0n) is 18.5. The summed E-state index contributed by atoms with van der Waals surface area (Å²) in [6, 6.07) is 9.61. The Morgan fingerprint density at radius 3 is 2.64 bits per heavy atom. The molecule has 1 aliphatic heterocycles. The first-order valence-corrected chi connectivity index (χ1v) is 10.9. The molecule has 1 aliphatic rings. The van der Waals surface area contributed by atoms with E-state index < -0.39 is 34.5 Å². The lowest BCUT2D eigenvalue weighted by Gasteiger charge is -2.28. The minimum atomic E-state index is -4.80. The van der Waals surface area contributed by atoms with Crippen LogP contribution in [-0.4, -0.2) is 26.1 Å². The smallest absolute Gasteiger partial charge is 0.382 e. The van der Waals surface area contributed by atoms with E-state index in [1.807, 2.05) is 6.07 Å². The molecule has 1 saturated heterocycles. The third-order valence-electron chi connectivity index (χ3n) is 6.09. The van der Waals surface area contributed by atoms with E-state index in [2.05, 4.69) is 15.0 Å². The van der Waals surface area contributed by atoms with Crippen LogP contribution < -0.4 is 16.2 Å². The van der Waals surface area contributed by atoms with E-state index in [4.69, 9.17) is 5.73 Å². The molecule has 182 valence electrons. The molecule has 0 amide bonds. The molecule has 5 rings (SSSR count). The van der Waals surface area contributed by atoms with Gasteiger partial charge < -0.3 is 10.6 Å². The second-order valence-electron chi connectivity index (χ2n) is 8.21. The second-order valence-corrected chi connectivity index (χ2v) is 8.21. The number of halogens is 4. The Bertz CT molecular complexity index is 1590. The van der Waals surface area contributed by atoms with Crippen LogP contribution in [0.2, 0.25) is 0 Å². The van der Waals surface area contributed by atoms with E-state index in [1.54, 1.807) is 4.90 Å². The highest BCUT2D eigenvalue weighted by Gasteiger charge is 2.37. The highest BCUT2D eigenvalue weighted by atomic mass is 19.4. The Kier molecular flexibility index (Phi) is 5.55. The van der Waals surface area contributed by atoms with Crippen molar-refractivity contribution in [1.29, 1.82) is 5.26 Å². The lowest BCUT2D eigenvalue weighted by Crippen LogP contribution is -2.33. The summed E-state index contributed by atoms with van der Waals surface area (Å²) in [6.07, 6.45) is -2.55. The summed E-state index contributed by atoms with van der Waals surface area (Å²) in [5.41, 5.74) is 3.65. The number of hydrogen-bond donors (Lipinski definition) is 1. The van der Waals surface area contributed by atoms with Crippen LogP contribution in [0.25, 0.3) is 16.6 Å². The van der Waals surface area contributed by atoms with Crippen molar-refractivity contribution < 1.29 is 17.6 Å². The van der Waals surface area contributed by atoms with Gasteiger partial charge in [-0.05, 0) is 43.2 Å². The standard InChI is InChI=1S/C24H17F4N7O/c25-13-4-1-5-14(10-13)35-22(33-17-7-2-6-16(24(26,27)28)19(17)23(35)36)18-8-3-9-34(18)21-15(11-29)20(30)31-12-32-21/h1-2,4-7,10,12,18H,3,8-9H2,(H2,30,31,32). The van der Waals surface area contributed by atoms with Gasteiger partial charge in [-0.1, -0.05) is 12.1 Å². The van der Waals surface area contributed by atoms with Gasteiger partial charge in [-0.2, -0.15) is 18.4 Å². The lowest BCUT2D eigenvalue weighted by molar-refractivity contribution is -0.136. The van der Waals surface area contributed by atoms with Gasteiger partial charge in [0.25, 0.3) is 5.56 Å². The van der Waals surface area contributed by atoms with Gasteiger partial charge in [0.05, 0.1) is 28.2 Å². The van der Waals surface area contributed by atoms with Crippen molar-refractivity contribution in [3.8, 4) is 11.8 Å². The SMILES string of the molecule is N#Cc1c(N)ncnc1N1CCCC1c1nc2cccc(C(F)(F)F)c2c(=O)n1-c1cccc(F)c1. The number of nitrogens with zero attached hydrogens (tertiary/aromatic N) is 6. The minimum Gasteiger partial charge on any atom is -0.382 e. The number of aromatic nitrogens is 4. The maximum atomic E-state index is 14.2.